The zero-order chi connectivity index (χ0) is 26.0. The summed E-state index contributed by atoms with van der Waals surface area (Å²) in [6, 6.07) is 15.3. The molecule has 1 amide bonds. The average Bonchev–Trinajstić information content (AvgIpc) is 2.78. The van der Waals surface area contributed by atoms with Crippen LogP contribution in [0.15, 0.2) is 48.5 Å². The highest BCUT2D eigenvalue weighted by Gasteiger charge is 2.52. The zero-order valence-corrected chi connectivity index (χ0v) is 22.5. The van der Waals surface area contributed by atoms with Crippen LogP contribution >= 0.6 is 23.2 Å². The van der Waals surface area contributed by atoms with Gasteiger partial charge in [-0.1, -0.05) is 61.3 Å². The number of carbonyl (C=O) groups is 2. The number of hydrogen-bond acceptors (Lipinski definition) is 4. The normalized spacial score (nSPS) is 25.6. The van der Waals surface area contributed by atoms with Crippen LogP contribution in [0.2, 0.25) is 10.0 Å². The second-order valence-electron chi connectivity index (χ2n) is 10.4. The minimum absolute atomic E-state index is 0.112. The smallest absolute Gasteiger partial charge is 0.304 e. The fraction of sp³-hybridized carbons (Fsp3) is 0.500. The molecule has 6 nitrogen and oxygen atoms in total. The Hall–Kier alpha value is -2.12. The van der Waals surface area contributed by atoms with E-state index in [2.05, 4.69) is 18.9 Å². The van der Waals surface area contributed by atoms with Gasteiger partial charge in [-0.3, -0.25) is 14.5 Å². The lowest BCUT2D eigenvalue weighted by Gasteiger charge is -2.52. The van der Waals surface area contributed by atoms with Crippen LogP contribution in [0.1, 0.15) is 56.2 Å². The van der Waals surface area contributed by atoms with Crippen molar-refractivity contribution in [2.75, 3.05) is 26.8 Å². The maximum atomic E-state index is 14.3. The Balaban J connectivity index is 1.84. The lowest BCUT2D eigenvalue weighted by atomic mass is 9.67. The summed E-state index contributed by atoms with van der Waals surface area (Å²) in [6.45, 7) is 5.92. The minimum atomic E-state index is -1.05. The molecule has 2 aliphatic heterocycles. The second kappa shape index (κ2) is 11.1. The van der Waals surface area contributed by atoms with Crippen LogP contribution in [0.3, 0.4) is 0 Å². The zero-order valence-electron chi connectivity index (χ0n) is 21.0. The molecule has 2 aliphatic rings. The predicted molar refractivity (Wildman–Crippen MR) is 142 cm³/mol. The highest BCUT2D eigenvalue weighted by atomic mass is 35.5. The van der Waals surface area contributed by atoms with Crippen LogP contribution in [0.5, 0.6) is 0 Å². The van der Waals surface area contributed by atoms with Crippen molar-refractivity contribution in [2.45, 2.75) is 57.2 Å². The molecule has 2 heterocycles. The molecule has 194 valence electrons. The molecule has 36 heavy (non-hydrogen) atoms. The SMILES string of the molecule is CCC(CN(C)C1COC1)N1C(=O)[C@@](C)(CC(=O)O)C[C@H](c2cccc(Cl)c2)[C@H]1c1ccc(Cl)cc1. The van der Waals surface area contributed by atoms with E-state index in [-0.39, 0.29) is 30.3 Å². The number of benzene rings is 2. The third-order valence-corrected chi connectivity index (χ3v) is 8.23. The average molecular weight is 533 g/mol. The second-order valence-corrected chi connectivity index (χ2v) is 11.3. The van der Waals surface area contributed by atoms with Crippen LogP contribution in [0, 0.1) is 5.41 Å². The van der Waals surface area contributed by atoms with Crippen molar-refractivity contribution in [3.8, 4) is 0 Å². The summed E-state index contributed by atoms with van der Waals surface area (Å²) in [7, 11) is 2.06. The van der Waals surface area contributed by atoms with Crippen LogP contribution < -0.4 is 0 Å². The van der Waals surface area contributed by atoms with E-state index in [1.54, 1.807) is 6.92 Å². The first-order valence-corrected chi connectivity index (χ1v) is 13.2. The first-order chi connectivity index (χ1) is 17.1. The summed E-state index contributed by atoms with van der Waals surface area (Å²) < 4.78 is 5.39. The number of rotatable bonds is 9. The molecule has 1 N–H and O–H groups in total. The van der Waals surface area contributed by atoms with Gasteiger partial charge in [-0.05, 0) is 55.3 Å². The molecule has 4 atom stereocenters. The molecule has 0 spiro atoms. The van der Waals surface area contributed by atoms with Crippen LogP contribution in [-0.4, -0.2) is 65.7 Å². The van der Waals surface area contributed by atoms with Crippen molar-refractivity contribution in [1.29, 1.82) is 0 Å². The Labute approximate surface area is 223 Å². The molecule has 0 bridgehead atoms. The maximum absolute atomic E-state index is 14.3. The summed E-state index contributed by atoms with van der Waals surface area (Å²) in [6.07, 6.45) is 0.916. The highest BCUT2D eigenvalue weighted by molar-refractivity contribution is 6.30. The first kappa shape index (κ1) is 26.9. The number of ether oxygens (including phenoxy) is 1. The molecule has 0 aromatic heterocycles. The molecule has 1 unspecified atom stereocenters. The van der Waals surface area contributed by atoms with E-state index < -0.39 is 11.4 Å². The van der Waals surface area contributed by atoms with Crippen molar-refractivity contribution in [1.82, 2.24) is 9.80 Å². The summed E-state index contributed by atoms with van der Waals surface area (Å²) >= 11 is 12.6. The van der Waals surface area contributed by atoms with E-state index in [1.807, 2.05) is 53.4 Å². The van der Waals surface area contributed by atoms with Gasteiger partial charge in [0.2, 0.25) is 5.91 Å². The van der Waals surface area contributed by atoms with Crippen molar-refractivity contribution in [3.05, 3.63) is 69.7 Å². The van der Waals surface area contributed by atoms with Gasteiger partial charge in [0.25, 0.3) is 0 Å². The lowest BCUT2D eigenvalue weighted by Crippen LogP contribution is -2.59. The first-order valence-electron chi connectivity index (χ1n) is 12.5. The van der Waals surface area contributed by atoms with Crippen LogP contribution in [-0.2, 0) is 14.3 Å². The molecule has 0 saturated carbocycles. The number of amides is 1. The fourth-order valence-corrected chi connectivity index (χ4v) is 5.98. The molecule has 2 aromatic carbocycles. The molecule has 2 fully saturated rings. The maximum Gasteiger partial charge on any atom is 0.304 e. The van der Waals surface area contributed by atoms with E-state index in [4.69, 9.17) is 27.9 Å². The standard InChI is InChI=1S/C28H34Cl2N2O4/c1-4-22(15-31(3)23-16-36-17-23)32-26(18-8-10-20(29)11-9-18)24(19-6-5-7-21(30)12-19)13-28(2,27(32)35)14-25(33)34/h5-12,22-24,26H,4,13-17H2,1-3H3,(H,33,34)/t22?,24-,26-,28-/m1/s1. The van der Waals surface area contributed by atoms with Crippen molar-refractivity contribution < 1.29 is 19.4 Å². The Morgan fingerprint density at radius 3 is 2.42 bits per heavy atom. The number of carboxylic acid groups (broad SMARTS) is 1. The summed E-state index contributed by atoms with van der Waals surface area (Å²) in [5.41, 5.74) is 0.920. The molecule has 4 rings (SSSR count). The lowest BCUT2D eigenvalue weighted by molar-refractivity contribution is -0.161. The van der Waals surface area contributed by atoms with E-state index in [0.29, 0.717) is 42.3 Å². The van der Waals surface area contributed by atoms with Gasteiger partial charge < -0.3 is 14.7 Å². The van der Waals surface area contributed by atoms with Gasteiger partial charge in [0.05, 0.1) is 37.1 Å². The van der Waals surface area contributed by atoms with Gasteiger partial charge in [0.1, 0.15) is 0 Å². The largest absolute Gasteiger partial charge is 0.481 e. The van der Waals surface area contributed by atoms with E-state index in [0.717, 1.165) is 17.5 Å². The molecule has 2 aromatic rings. The number of nitrogens with zero attached hydrogens (tertiary/aromatic N) is 2. The highest BCUT2D eigenvalue weighted by Crippen LogP contribution is 2.52. The predicted octanol–water partition coefficient (Wildman–Crippen LogP) is 5.64. The Bertz CT molecular complexity index is 1090. The molecular formula is C28H34Cl2N2O4. The number of carboxylic acids is 1. The molecule has 8 heteroatoms. The van der Waals surface area contributed by atoms with Crippen molar-refractivity contribution >= 4 is 35.1 Å². The summed E-state index contributed by atoms with van der Waals surface area (Å²) in [5.74, 6) is -1.23. The number of halogens is 2. The molecular weight excluding hydrogens is 499 g/mol. The molecule has 0 radical (unpaired) electrons. The number of aliphatic carboxylic acids is 1. The number of likely N-dealkylation sites (N-methyl/N-ethyl adjacent to an activating group) is 1. The fourth-order valence-electron chi connectivity index (χ4n) is 5.65. The number of likely N-dealkylation sites (tertiary alicyclic amines) is 1. The molecule has 2 saturated heterocycles. The third-order valence-electron chi connectivity index (χ3n) is 7.74. The number of hydrogen-bond donors (Lipinski definition) is 1. The van der Waals surface area contributed by atoms with E-state index in [9.17, 15) is 14.7 Å². The summed E-state index contributed by atoms with van der Waals surface area (Å²) in [5, 5.41) is 11.0. The van der Waals surface area contributed by atoms with Gasteiger partial charge >= 0.3 is 5.97 Å². The van der Waals surface area contributed by atoms with Crippen LogP contribution in [0.4, 0.5) is 0 Å². The number of piperidine rings is 1. The Morgan fingerprint density at radius 1 is 1.17 bits per heavy atom. The van der Waals surface area contributed by atoms with Gasteiger partial charge in [0, 0.05) is 28.5 Å². The monoisotopic (exact) mass is 532 g/mol. The summed E-state index contributed by atoms with van der Waals surface area (Å²) in [4.78, 5) is 30.4. The van der Waals surface area contributed by atoms with Gasteiger partial charge in [-0.15, -0.1) is 0 Å². The Kier molecular flexibility index (Phi) is 8.30. The van der Waals surface area contributed by atoms with Crippen molar-refractivity contribution in [2.24, 2.45) is 5.41 Å². The van der Waals surface area contributed by atoms with E-state index in [1.165, 1.54) is 0 Å². The number of carbonyl (C=O) groups excluding carboxylic acids is 1. The van der Waals surface area contributed by atoms with Gasteiger partial charge in [0.15, 0.2) is 0 Å². The third kappa shape index (κ3) is 5.57. The van der Waals surface area contributed by atoms with E-state index >= 15 is 0 Å². The Morgan fingerprint density at radius 2 is 1.86 bits per heavy atom. The van der Waals surface area contributed by atoms with Crippen LogP contribution in [0.25, 0.3) is 0 Å². The van der Waals surface area contributed by atoms with Gasteiger partial charge in [-0.25, -0.2) is 0 Å². The topological polar surface area (TPSA) is 70.1 Å². The van der Waals surface area contributed by atoms with Crippen molar-refractivity contribution in [3.63, 3.8) is 0 Å². The molecule has 0 aliphatic carbocycles. The quantitative estimate of drug-likeness (QED) is 0.452. The minimum Gasteiger partial charge on any atom is -0.481 e. The van der Waals surface area contributed by atoms with Gasteiger partial charge in [-0.2, -0.15) is 0 Å².